The lowest BCUT2D eigenvalue weighted by Gasteiger charge is -2.31. The second-order valence-corrected chi connectivity index (χ2v) is 4.90. The molecule has 0 spiro atoms. The first-order chi connectivity index (χ1) is 8.02. The summed E-state index contributed by atoms with van der Waals surface area (Å²) in [7, 11) is 0. The Morgan fingerprint density at radius 1 is 1.24 bits per heavy atom. The molecule has 0 aromatic rings. The molecule has 1 saturated carbocycles. The van der Waals surface area contributed by atoms with Gasteiger partial charge in [0.2, 0.25) is 5.91 Å². The molecule has 2 aliphatic rings. The van der Waals surface area contributed by atoms with Crippen molar-refractivity contribution in [3.63, 3.8) is 0 Å². The number of ketones is 1. The summed E-state index contributed by atoms with van der Waals surface area (Å²) in [6.07, 6.45) is 4.07. The van der Waals surface area contributed by atoms with Gasteiger partial charge in [-0.2, -0.15) is 0 Å². The highest BCUT2D eigenvalue weighted by molar-refractivity contribution is 6.24. The van der Waals surface area contributed by atoms with Crippen LogP contribution in [0.15, 0.2) is 11.1 Å². The fourth-order valence-electron chi connectivity index (χ4n) is 2.80. The van der Waals surface area contributed by atoms with Crippen LogP contribution in [0, 0.1) is 0 Å². The van der Waals surface area contributed by atoms with Crippen LogP contribution in [0.4, 0.5) is 0 Å². The van der Waals surface area contributed by atoms with Crippen LogP contribution in [0.2, 0.25) is 0 Å². The van der Waals surface area contributed by atoms with E-state index in [9.17, 15) is 14.4 Å². The fourth-order valence-corrected chi connectivity index (χ4v) is 2.80. The molecule has 0 bridgehead atoms. The van der Waals surface area contributed by atoms with E-state index in [0.29, 0.717) is 5.57 Å². The first kappa shape index (κ1) is 12.0. The normalized spacial score (nSPS) is 22.6. The summed E-state index contributed by atoms with van der Waals surface area (Å²) in [5.74, 6) is -0.759. The zero-order valence-corrected chi connectivity index (χ0v) is 10.3. The van der Waals surface area contributed by atoms with E-state index in [1.807, 2.05) is 0 Å². The molecular weight excluding hydrogens is 218 g/mol. The third-order valence-electron chi connectivity index (χ3n) is 3.59. The quantitative estimate of drug-likeness (QED) is 0.539. The molecule has 1 aliphatic carbocycles. The van der Waals surface area contributed by atoms with Crippen LogP contribution in [0.25, 0.3) is 0 Å². The van der Waals surface area contributed by atoms with E-state index < -0.39 is 0 Å². The second kappa shape index (κ2) is 4.43. The largest absolute Gasteiger partial charge is 0.294 e. The third-order valence-corrected chi connectivity index (χ3v) is 3.59. The van der Waals surface area contributed by atoms with Crippen molar-refractivity contribution >= 4 is 17.6 Å². The lowest BCUT2D eigenvalue weighted by molar-refractivity contribution is -0.146. The maximum Gasteiger partial charge on any atom is 0.264 e. The minimum Gasteiger partial charge on any atom is -0.294 e. The molecule has 0 unspecified atom stereocenters. The molecule has 0 aromatic heterocycles. The average molecular weight is 235 g/mol. The molecule has 1 fully saturated rings. The van der Waals surface area contributed by atoms with Crippen molar-refractivity contribution in [2.75, 3.05) is 0 Å². The number of rotatable bonds is 2. The van der Waals surface area contributed by atoms with Gasteiger partial charge < -0.3 is 0 Å². The van der Waals surface area contributed by atoms with Crippen molar-refractivity contribution in [2.24, 2.45) is 0 Å². The van der Waals surface area contributed by atoms with Crippen LogP contribution < -0.4 is 0 Å². The predicted molar refractivity (Wildman–Crippen MR) is 62.1 cm³/mol. The summed E-state index contributed by atoms with van der Waals surface area (Å²) in [6, 6.07) is 0.0115. The number of imide groups is 1. The molecule has 1 heterocycles. The van der Waals surface area contributed by atoms with Gasteiger partial charge in [-0.15, -0.1) is 0 Å². The Morgan fingerprint density at radius 3 is 2.35 bits per heavy atom. The van der Waals surface area contributed by atoms with Gasteiger partial charge in [-0.3, -0.25) is 19.3 Å². The maximum absolute atomic E-state index is 12.2. The van der Waals surface area contributed by atoms with E-state index in [2.05, 4.69) is 0 Å². The molecule has 17 heavy (non-hydrogen) atoms. The second-order valence-electron chi connectivity index (χ2n) is 4.90. The Balaban J connectivity index is 2.33. The van der Waals surface area contributed by atoms with E-state index in [4.69, 9.17) is 0 Å². The number of carbonyl (C=O) groups excluding carboxylic acids is 3. The van der Waals surface area contributed by atoms with E-state index in [0.717, 1.165) is 25.7 Å². The molecule has 0 saturated heterocycles. The van der Waals surface area contributed by atoms with Gasteiger partial charge in [-0.1, -0.05) is 12.8 Å². The SMILES string of the molecule is CC(=O)C1=C(C)CC(=O)N(C2CCCC2)C1=O. The first-order valence-electron chi connectivity index (χ1n) is 6.09. The van der Waals surface area contributed by atoms with E-state index in [-0.39, 0.29) is 35.6 Å². The Bertz CT molecular complexity index is 416. The first-order valence-corrected chi connectivity index (χ1v) is 6.09. The van der Waals surface area contributed by atoms with E-state index >= 15 is 0 Å². The van der Waals surface area contributed by atoms with Gasteiger partial charge >= 0.3 is 0 Å². The van der Waals surface area contributed by atoms with Crippen molar-refractivity contribution in [1.82, 2.24) is 4.90 Å². The molecular formula is C13H17NO3. The standard InChI is InChI=1S/C13H17NO3/c1-8-7-11(16)14(10-5-3-4-6-10)13(17)12(8)9(2)15/h10H,3-7H2,1-2H3. The van der Waals surface area contributed by atoms with Crippen LogP contribution >= 0.6 is 0 Å². The van der Waals surface area contributed by atoms with Crippen molar-refractivity contribution in [2.45, 2.75) is 52.0 Å². The van der Waals surface area contributed by atoms with Gasteiger partial charge in [-0.25, -0.2) is 0 Å². The summed E-state index contributed by atoms with van der Waals surface area (Å²) in [5.41, 5.74) is 0.832. The Morgan fingerprint density at radius 2 is 1.82 bits per heavy atom. The molecule has 0 radical (unpaired) electrons. The summed E-state index contributed by atoms with van der Waals surface area (Å²) in [4.78, 5) is 36.9. The fraction of sp³-hybridized carbons (Fsp3) is 0.615. The van der Waals surface area contributed by atoms with Crippen LogP contribution in [0.1, 0.15) is 46.0 Å². The molecule has 0 aromatic carbocycles. The highest BCUT2D eigenvalue weighted by Gasteiger charge is 2.38. The molecule has 4 nitrogen and oxygen atoms in total. The molecule has 0 N–H and O–H groups in total. The van der Waals surface area contributed by atoms with Gasteiger partial charge in [-0.05, 0) is 32.3 Å². The van der Waals surface area contributed by atoms with Gasteiger partial charge in [0.05, 0.1) is 5.57 Å². The van der Waals surface area contributed by atoms with Gasteiger partial charge in [0, 0.05) is 12.5 Å². The van der Waals surface area contributed by atoms with Gasteiger partial charge in [0.1, 0.15) is 0 Å². The Hall–Kier alpha value is -1.45. The summed E-state index contributed by atoms with van der Waals surface area (Å²) < 4.78 is 0. The number of nitrogens with zero attached hydrogens (tertiary/aromatic N) is 1. The third kappa shape index (κ3) is 2.04. The van der Waals surface area contributed by atoms with Gasteiger partial charge in [0.25, 0.3) is 5.91 Å². The number of hydrogen-bond acceptors (Lipinski definition) is 3. The molecule has 4 heteroatoms. The predicted octanol–water partition coefficient (Wildman–Crippen LogP) is 1.59. The smallest absolute Gasteiger partial charge is 0.264 e. The summed E-state index contributed by atoms with van der Waals surface area (Å²) >= 11 is 0. The van der Waals surface area contributed by atoms with Crippen molar-refractivity contribution in [3.05, 3.63) is 11.1 Å². The zero-order valence-electron chi connectivity index (χ0n) is 10.3. The van der Waals surface area contributed by atoms with E-state index in [1.165, 1.54) is 11.8 Å². The maximum atomic E-state index is 12.2. The van der Waals surface area contributed by atoms with Crippen molar-refractivity contribution in [3.8, 4) is 0 Å². The molecule has 0 atom stereocenters. The van der Waals surface area contributed by atoms with Crippen molar-refractivity contribution in [1.29, 1.82) is 0 Å². The monoisotopic (exact) mass is 235 g/mol. The van der Waals surface area contributed by atoms with Crippen LogP contribution in [0.5, 0.6) is 0 Å². The van der Waals surface area contributed by atoms with Crippen LogP contribution in [-0.4, -0.2) is 28.5 Å². The van der Waals surface area contributed by atoms with E-state index in [1.54, 1.807) is 6.92 Å². The highest BCUT2D eigenvalue weighted by Crippen LogP contribution is 2.29. The minimum atomic E-state index is -0.377. The van der Waals surface area contributed by atoms with Gasteiger partial charge in [0.15, 0.2) is 5.78 Å². The van der Waals surface area contributed by atoms with Crippen molar-refractivity contribution < 1.29 is 14.4 Å². The zero-order chi connectivity index (χ0) is 12.6. The molecule has 2 amide bonds. The Kier molecular flexibility index (Phi) is 3.13. The number of Topliss-reactive ketones (excluding diaryl/α,β-unsaturated/α-hetero) is 1. The molecule has 92 valence electrons. The number of amides is 2. The minimum absolute atomic E-state index is 0.0115. The topological polar surface area (TPSA) is 54.5 Å². The summed E-state index contributed by atoms with van der Waals surface area (Å²) in [6.45, 7) is 3.08. The lowest BCUT2D eigenvalue weighted by Crippen LogP contribution is -2.48. The van der Waals surface area contributed by atoms with Crippen LogP contribution in [-0.2, 0) is 14.4 Å². The molecule has 1 aliphatic heterocycles. The summed E-state index contributed by atoms with van der Waals surface area (Å²) in [5, 5.41) is 0. The lowest BCUT2D eigenvalue weighted by atomic mass is 9.95. The number of hydrogen-bond donors (Lipinski definition) is 0. The number of carbonyl (C=O) groups is 3. The highest BCUT2D eigenvalue weighted by atomic mass is 16.2. The van der Waals surface area contributed by atoms with Crippen LogP contribution in [0.3, 0.4) is 0 Å². The average Bonchev–Trinajstić information content (AvgIpc) is 2.69. The molecule has 2 rings (SSSR count). The Labute approximate surface area is 101 Å².